The van der Waals surface area contributed by atoms with Crippen molar-refractivity contribution < 1.29 is 17.9 Å². The van der Waals surface area contributed by atoms with Crippen molar-refractivity contribution in [2.75, 3.05) is 46.4 Å². The highest BCUT2D eigenvalue weighted by Gasteiger charge is 2.35. The van der Waals surface area contributed by atoms with Crippen LogP contribution in [0.25, 0.3) is 0 Å². The number of hydrogen-bond donors (Lipinski definition) is 1. The molecule has 2 aliphatic rings. The van der Waals surface area contributed by atoms with E-state index in [9.17, 15) is 13.2 Å². The molecule has 0 radical (unpaired) electrons. The Balaban J connectivity index is 1.75. The lowest BCUT2D eigenvalue weighted by molar-refractivity contribution is 0.0601. The van der Waals surface area contributed by atoms with Crippen LogP contribution in [0.3, 0.4) is 0 Å². The zero-order valence-corrected chi connectivity index (χ0v) is 15.6. The first-order valence-electron chi connectivity index (χ1n) is 8.26. The fourth-order valence-corrected chi connectivity index (χ4v) is 5.20. The van der Waals surface area contributed by atoms with Crippen molar-refractivity contribution in [3.8, 4) is 0 Å². The smallest absolute Gasteiger partial charge is 0.339 e. The second-order valence-corrected chi connectivity index (χ2v) is 8.57. The molecule has 7 nitrogen and oxygen atoms in total. The van der Waals surface area contributed by atoms with E-state index in [1.165, 1.54) is 29.6 Å². The summed E-state index contributed by atoms with van der Waals surface area (Å²) in [5.41, 5.74) is 0.156. The minimum Gasteiger partial charge on any atom is -0.465 e. The minimum atomic E-state index is -3.63. The van der Waals surface area contributed by atoms with E-state index in [4.69, 9.17) is 11.6 Å². The Hall–Kier alpha value is -1.19. The molecule has 1 unspecified atom stereocenters. The molecule has 25 heavy (non-hydrogen) atoms. The number of nitrogens with one attached hydrogen (secondary N) is 1. The number of halogens is 1. The number of nitrogens with zero attached hydrogens (tertiary/aromatic N) is 2. The average molecular weight is 388 g/mol. The van der Waals surface area contributed by atoms with Gasteiger partial charge in [0.1, 0.15) is 0 Å². The highest BCUT2D eigenvalue weighted by Crippen LogP contribution is 2.27. The van der Waals surface area contributed by atoms with Crippen LogP contribution in [0.15, 0.2) is 23.1 Å². The van der Waals surface area contributed by atoms with Crippen LogP contribution in [-0.2, 0) is 14.8 Å². The third kappa shape index (κ3) is 3.83. The predicted molar refractivity (Wildman–Crippen MR) is 94.4 cm³/mol. The summed E-state index contributed by atoms with van der Waals surface area (Å²) in [6, 6.07) is 4.37. The maximum Gasteiger partial charge on any atom is 0.339 e. The quantitative estimate of drug-likeness (QED) is 0.770. The molecule has 138 valence electrons. The van der Waals surface area contributed by atoms with Crippen LogP contribution in [0, 0.1) is 0 Å². The van der Waals surface area contributed by atoms with Gasteiger partial charge in [-0.1, -0.05) is 11.6 Å². The van der Waals surface area contributed by atoms with Crippen LogP contribution < -0.4 is 5.32 Å². The fourth-order valence-electron chi connectivity index (χ4n) is 3.36. The van der Waals surface area contributed by atoms with E-state index in [2.05, 4.69) is 15.0 Å². The predicted octanol–water partition coefficient (Wildman–Crippen LogP) is 0.795. The van der Waals surface area contributed by atoms with Crippen LogP contribution in [0.4, 0.5) is 0 Å². The lowest BCUT2D eigenvalue weighted by atomic mass is 10.2. The Morgan fingerprint density at radius 1 is 1.28 bits per heavy atom. The lowest BCUT2D eigenvalue weighted by Gasteiger charge is -2.32. The summed E-state index contributed by atoms with van der Waals surface area (Å²) in [6.07, 6.45) is 0.827. The van der Waals surface area contributed by atoms with Crippen molar-refractivity contribution in [3.63, 3.8) is 0 Å². The molecule has 2 heterocycles. The number of rotatable bonds is 4. The Bertz CT molecular complexity index is 750. The summed E-state index contributed by atoms with van der Waals surface area (Å²) >= 11 is 6.07. The summed E-state index contributed by atoms with van der Waals surface area (Å²) in [6.45, 7) is 4.74. The van der Waals surface area contributed by atoms with E-state index >= 15 is 0 Å². The van der Waals surface area contributed by atoms with Gasteiger partial charge in [0.25, 0.3) is 0 Å². The number of ether oxygens (including phenoxy) is 1. The van der Waals surface area contributed by atoms with Crippen molar-refractivity contribution in [2.24, 2.45) is 0 Å². The van der Waals surface area contributed by atoms with E-state index in [0.717, 1.165) is 32.6 Å². The monoisotopic (exact) mass is 387 g/mol. The molecule has 2 aliphatic heterocycles. The number of sulfonamides is 1. The first-order valence-corrected chi connectivity index (χ1v) is 10.1. The van der Waals surface area contributed by atoms with Gasteiger partial charge in [0.15, 0.2) is 0 Å². The number of esters is 1. The largest absolute Gasteiger partial charge is 0.465 e. The van der Waals surface area contributed by atoms with Crippen LogP contribution in [0.1, 0.15) is 16.8 Å². The molecule has 0 aliphatic carbocycles. The molecule has 0 spiro atoms. The van der Waals surface area contributed by atoms with Gasteiger partial charge in [-0.15, -0.1) is 0 Å². The molecular formula is C16H22ClN3O4S. The number of benzene rings is 1. The number of piperazine rings is 1. The highest BCUT2D eigenvalue weighted by atomic mass is 35.5. The van der Waals surface area contributed by atoms with Gasteiger partial charge in [0, 0.05) is 45.3 Å². The Morgan fingerprint density at radius 3 is 2.64 bits per heavy atom. The van der Waals surface area contributed by atoms with Crippen LogP contribution in [0.5, 0.6) is 0 Å². The van der Waals surface area contributed by atoms with Crippen LogP contribution in [-0.4, -0.2) is 76.0 Å². The van der Waals surface area contributed by atoms with Gasteiger partial charge >= 0.3 is 5.97 Å². The second-order valence-electron chi connectivity index (χ2n) is 6.22. The molecule has 0 bridgehead atoms. The normalized spacial score (nSPS) is 22.9. The first kappa shape index (κ1) is 18.6. The fraction of sp³-hybridized carbons (Fsp3) is 0.562. The molecule has 0 amide bonds. The van der Waals surface area contributed by atoms with Crippen molar-refractivity contribution in [1.29, 1.82) is 0 Å². The number of hydrogen-bond acceptors (Lipinski definition) is 6. The molecule has 2 saturated heterocycles. The summed E-state index contributed by atoms with van der Waals surface area (Å²) in [5, 5.41) is 3.38. The van der Waals surface area contributed by atoms with Crippen molar-refractivity contribution in [1.82, 2.24) is 14.5 Å². The summed E-state index contributed by atoms with van der Waals surface area (Å²) < 4.78 is 31.9. The SMILES string of the molecule is COC(=O)c1ccc(S(=O)(=O)N2CCC(N3CCNCC3)C2)cc1Cl. The second kappa shape index (κ2) is 7.59. The minimum absolute atomic E-state index is 0.0748. The maximum absolute atomic E-state index is 12.9. The third-order valence-electron chi connectivity index (χ3n) is 4.78. The zero-order valence-electron chi connectivity index (χ0n) is 14.1. The summed E-state index contributed by atoms with van der Waals surface area (Å²) in [7, 11) is -2.37. The van der Waals surface area contributed by atoms with Crippen molar-refractivity contribution in [3.05, 3.63) is 28.8 Å². The van der Waals surface area contributed by atoms with E-state index in [1.54, 1.807) is 0 Å². The van der Waals surface area contributed by atoms with Crippen molar-refractivity contribution in [2.45, 2.75) is 17.4 Å². The summed E-state index contributed by atoms with van der Waals surface area (Å²) in [4.78, 5) is 14.0. The Morgan fingerprint density at radius 2 is 2.00 bits per heavy atom. The average Bonchev–Trinajstić information content (AvgIpc) is 3.12. The highest BCUT2D eigenvalue weighted by molar-refractivity contribution is 7.89. The molecule has 3 rings (SSSR count). The molecule has 0 saturated carbocycles. The van der Waals surface area contributed by atoms with Crippen molar-refractivity contribution >= 4 is 27.6 Å². The third-order valence-corrected chi connectivity index (χ3v) is 6.95. The standard InChI is InChI=1S/C16H22ClN3O4S/c1-24-16(21)14-3-2-13(10-15(14)17)25(22,23)20-7-4-12(11-20)19-8-5-18-6-9-19/h2-3,10,12,18H,4-9,11H2,1H3. The topological polar surface area (TPSA) is 79.0 Å². The van der Waals surface area contributed by atoms with Gasteiger partial charge < -0.3 is 10.1 Å². The van der Waals surface area contributed by atoms with Gasteiger partial charge in [-0.05, 0) is 24.6 Å². The molecule has 1 aromatic rings. The molecule has 1 aromatic carbocycles. The molecular weight excluding hydrogens is 366 g/mol. The first-order chi connectivity index (χ1) is 11.9. The van der Waals surface area contributed by atoms with Crippen LogP contribution >= 0.6 is 11.6 Å². The number of methoxy groups -OCH3 is 1. The molecule has 1 N–H and O–H groups in total. The number of carbonyl (C=O) groups is 1. The van der Waals surface area contributed by atoms with Crippen LogP contribution in [0.2, 0.25) is 5.02 Å². The van der Waals surface area contributed by atoms with Gasteiger partial charge in [0.2, 0.25) is 10.0 Å². The van der Waals surface area contributed by atoms with Gasteiger partial charge in [-0.3, -0.25) is 4.90 Å². The molecule has 1 atom stereocenters. The van der Waals surface area contributed by atoms with Gasteiger partial charge in [0.05, 0.1) is 22.6 Å². The van der Waals surface area contributed by atoms with E-state index in [-0.39, 0.29) is 21.5 Å². The van der Waals surface area contributed by atoms with E-state index in [0.29, 0.717) is 13.1 Å². The molecule has 2 fully saturated rings. The Labute approximate surface area is 152 Å². The maximum atomic E-state index is 12.9. The van der Waals surface area contributed by atoms with Gasteiger partial charge in [-0.2, -0.15) is 4.31 Å². The van der Waals surface area contributed by atoms with Gasteiger partial charge in [-0.25, -0.2) is 13.2 Å². The summed E-state index contributed by atoms with van der Waals surface area (Å²) in [5.74, 6) is -0.589. The zero-order chi connectivity index (χ0) is 18.0. The van der Waals surface area contributed by atoms with E-state index in [1.807, 2.05) is 0 Å². The van der Waals surface area contributed by atoms with E-state index < -0.39 is 16.0 Å². The Kier molecular flexibility index (Phi) is 5.65. The lowest BCUT2D eigenvalue weighted by Crippen LogP contribution is -2.49. The molecule has 0 aromatic heterocycles. The number of carbonyl (C=O) groups excluding carboxylic acids is 1. The molecule has 9 heteroatoms.